The number of hydrogen-bond acceptors (Lipinski definition) is 4. The number of nitrogens with zero attached hydrogens (tertiary/aromatic N) is 2. The highest BCUT2D eigenvalue weighted by Crippen LogP contribution is 2.35. The van der Waals surface area contributed by atoms with Gasteiger partial charge in [-0.05, 0) is 38.5 Å². The van der Waals surface area contributed by atoms with E-state index in [-0.39, 0.29) is 0 Å². The van der Waals surface area contributed by atoms with Crippen molar-refractivity contribution in [3.63, 3.8) is 0 Å². The minimum atomic E-state index is 0.711. The van der Waals surface area contributed by atoms with E-state index in [0.29, 0.717) is 6.04 Å². The van der Waals surface area contributed by atoms with Crippen molar-refractivity contribution < 1.29 is 4.74 Å². The molecule has 0 radical (unpaired) electrons. The number of rotatable bonds is 5. The minimum absolute atomic E-state index is 0.711. The maximum Gasteiger partial charge on any atom is 0.0594 e. The van der Waals surface area contributed by atoms with Crippen LogP contribution >= 0.6 is 0 Å². The number of hydrogen-bond donors (Lipinski definition) is 1. The minimum Gasteiger partial charge on any atom is -0.379 e. The first kappa shape index (κ1) is 15.7. The fourth-order valence-electron chi connectivity index (χ4n) is 4.44. The van der Waals surface area contributed by atoms with Gasteiger partial charge in [-0.15, -0.1) is 0 Å². The van der Waals surface area contributed by atoms with Crippen LogP contribution in [0.25, 0.3) is 0 Å². The lowest BCUT2D eigenvalue weighted by Gasteiger charge is -2.49. The van der Waals surface area contributed by atoms with Crippen LogP contribution in [-0.2, 0) is 4.74 Å². The van der Waals surface area contributed by atoms with Crippen LogP contribution in [0.4, 0.5) is 0 Å². The van der Waals surface area contributed by atoms with E-state index in [1.165, 1.54) is 38.9 Å². The molecular formula is C17H33N3O. The van der Waals surface area contributed by atoms with Gasteiger partial charge in [0.1, 0.15) is 0 Å². The molecule has 2 heterocycles. The second kappa shape index (κ2) is 7.40. The second-order valence-electron chi connectivity index (χ2n) is 7.43. The Kier molecular flexibility index (Phi) is 5.54. The predicted octanol–water partition coefficient (Wildman–Crippen LogP) is 1.42. The van der Waals surface area contributed by atoms with Crippen molar-refractivity contribution in [3.8, 4) is 0 Å². The average molecular weight is 295 g/mol. The maximum atomic E-state index is 5.42. The molecule has 4 heteroatoms. The SMILES string of the molecule is CC(C)N1CC2CCCC(C1)C2NCCN1CCOCC1. The Bertz CT molecular complexity index is 303. The second-order valence-corrected chi connectivity index (χ2v) is 7.43. The zero-order valence-corrected chi connectivity index (χ0v) is 13.9. The topological polar surface area (TPSA) is 27.7 Å². The quantitative estimate of drug-likeness (QED) is 0.830. The normalized spacial score (nSPS) is 35.3. The third-order valence-corrected chi connectivity index (χ3v) is 5.75. The molecule has 2 aliphatic heterocycles. The summed E-state index contributed by atoms with van der Waals surface area (Å²) in [4.78, 5) is 5.24. The van der Waals surface area contributed by atoms with E-state index in [0.717, 1.165) is 50.7 Å². The summed E-state index contributed by atoms with van der Waals surface area (Å²) in [6, 6.07) is 1.48. The van der Waals surface area contributed by atoms with Crippen molar-refractivity contribution in [2.75, 3.05) is 52.5 Å². The van der Waals surface area contributed by atoms with Crippen LogP contribution in [0.1, 0.15) is 33.1 Å². The summed E-state index contributed by atoms with van der Waals surface area (Å²) in [5.41, 5.74) is 0. The average Bonchev–Trinajstić information content (AvgIpc) is 2.47. The van der Waals surface area contributed by atoms with Crippen molar-refractivity contribution in [2.45, 2.75) is 45.2 Å². The number of morpholine rings is 1. The van der Waals surface area contributed by atoms with Crippen molar-refractivity contribution in [1.82, 2.24) is 15.1 Å². The zero-order chi connectivity index (χ0) is 14.7. The summed E-state index contributed by atoms with van der Waals surface area (Å²) in [6.45, 7) is 13.7. The molecule has 0 aromatic carbocycles. The third kappa shape index (κ3) is 3.98. The van der Waals surface area contributed by atoms with Crippen LogP contribution < -0.4 is 5.32 Å². The molecule has 3 rings (SSSR count). The Morgan fingerprint density at radius 3 is 2.38 bits per heavy atom. The Labute approximate surface area is 130 Å². The van der Waals surface area contributed by atoms with Gasteiger partial charge in [0.25, 0.3) is 0 Å². The summed E-state index contributed by atoms with van der Waals surface area (Å²) < 4.78 is 5.42. The van der Waals surface area contributed by atoms with Gasteiger partial charge in [0.15, 0.2) is 0 Å². The summed E-state index contributed by atoms with van der Waals surface area (Å²) >= 11 is 0. The highest BCUT2D eigenvalue weighted by molar-refractivity contribution is 4.95. The third-order valence-electron chi connectivity index (χ3n) is 5.75. The molecule has 0 spiro atoms. The number of fused-ring (bicyclic) bond motifs is 2. The first-order chi connectivity index (χ1) is 10.2. The van der Waals surface area contributed by atoms with Gasteiger partial charge in [-0.1, -0.05) is 6.42 Å². The van der Waals surface area contributed by atoms with E-state index < -0.39 is 0 Å². The summed E-state index contributed by atoms with van der Waals surface area (Å²) in [5.74, 6) is 1.76. The molecule has 4 nitrogen and oxygen atoms in total. The molecular weight excluding hydrogens is 262 g/mol. The lowest BCUT2D eigenvalue weighted by atomic mass is 9.73. The predicted molar refractivity (Wildman–Crippen MR) is 86.6 cm³/mol. The van der Waals surface area contributed by atoms with Crippen molar-refractivity contribution in [1.29, 1.82) is 0 Å². The Morgan fingerprint density at radius 1 is 1.10 bits per heavy atom. The molecule has 0 amide bonds. The highest BCUT2D eigenvalue weighted by atomic mass is 16.5. The number of piperidine rings is 1. The lowest BCUT2D eigenvalue weighted by molar-refractivity contribution is 0.0216. The number of nitrogens with one attached hydrogen (secondary N) is 1. The number of likely N-dealkylation sites (tertiary alicyclic amines) is 1. The molecule has 21 heavy (non-hydrogen) atoms. The van der Waals surface area contributed by atoms with Gasteiger partial charge in [-0.25, -0.2) is 0 Å². The molecule has 2 unspecified atom stereocenters. The molecule has 2 bridgehead atoms. The van der Waals surface area contributed by atoms with E-state index in [1.807, 2.05) is 0 Å². The molecule has 0 aromatic heterocycles. The Balaban J connectivity index is 1.46. The van der Waals surface area contributed by atoms with Crippen LogP contribution in [0.3, 0.4) is 0 Å². The first-order valence-corrected chi connectivity index (χ1v) is 9.01. The Morgan fingerprint density at radius 2 is 1.76 bits per heavy atom. The van der Waals surface area contributed by atoms with Crippen LogP contribution in [0.15, 0.2) is 0 Å². The lowest BCUT2D eigenvalue weighted by Crippen LogP contribution is -2.59. The highest BCUT2D eigenvalue weighted by Gasteiger charge is 2.39. The monoisotopic (exact) mass is 295 g/mol. The van der Waals surface area contributed by atoms with Gasteiger partial charge >= 0.3 is 0 Å². The molecule has 122 valence electrons. The van der Waals surface area contributed by atoms with Gasteiger partial charge in [-0.2, -0.15) is 0 Å². The van der Waals surface area contributed by atoms with Gasteiger partial charge < -0.3 is 15.0 Å². The Hall–Kier alpha value is -0.160. The van der Waals surface area contributed by atoms with Crippen LogP contribution in [-0.4, -0.2) is 74.4 Å². The van der Waals surface area contributed by atoms with Crippen molar-refractivity contribution in [3.05, 3.63) is 0 Å². The van der Waals surface area contributed by atoms with E-state index in [9.17, 15) is 0 Å². The van der Waals surface area contributed by atoms with E-state index in [4.69, 9.17) is 4.74 Å². The maximum absolute atomic E-state index is 5.42. The van der Waals surface area contributed by atoms with E-state index in [1.54, 1.807) is 0 Å². The largest absolute Gasteiger partial charge is 0.379 e. The van der Waals surface area contributed by atoms with Crippen LogP contribution in [0, 0.1) is 11.8 Å². The van der Waals surface area contributed by atoms with Crippen molar-refractivity contribution >= 4 is 0 Å². The fourth-order valence-corrected chi connectivity index (χ4v) is 4.44. The number of ether oxygens (including phenoxy) is 1. The van der Waals surface area contributed by atoms with Gasteiger partial charge in [0.2, 0.25) is 0 Å². The van der Waals surface area contributed by atoms with E-state index >= 15 is 0 Å². The molecule has 1 N–H and O–H groups in total. The zero-order valence-electron chi connectivity index (χ0n) is 13.9. The van der Waals surface area contributed by atoms with Gasteiger partial charge in [0, 0.05) is 51.4 Å². The molecule has 0 aromatic rings. The summed E-state index contributed by atoms with van der Waals surface area (Å²) in [5, 5.41) is 3.92. The van der Waals surface area contributed by atoms with Crippen LogP contribution in [0.5, 0.6) is 0 Å². The molecule has 3 fully saturated rings. The van der Waals surface area contributed by atoms with Crippen LogP contribution in [0.2, 0.25) is 0 Å². The van der Waals surface area contributed by atoms with Crippen molar-refractivity contribution in [2.24, 2.45) is 11.8 Å². The van der Waals surface area contributed by atoms with Gasteiger partial charge in [-0.3, -0.25) is 4.90 Å². The smallest absolute Gasteiger partial charge is 0.0594 e. The summed E-state index contributed by atoms with van der Waals surface area (Å²) in [7, 11) is 0. The molecule has 2 saturated heterocycles. The standard InChI is InChI=1S/C17H33N3O/c1-14(2)20-12-15-4-3-5-16(13-20)17(15)18-6-7-19-8-10-21-11-9-19/h14-18H,3-13H2,1-2H3. The molecule has 2 atom stereocenters. The first-order valence-electron chi connectivity index (χ1n) is 9.01. The van der Waals surface area contributed by atoms with E-state index in [2.05, 4.69) is 29.0 Å². The van der Waals surface area contributed by atoms with Gasteiger partial charge in [0.05, 0.1) is 13.2 Å². The molecule has 1 saturated carbocycles. The summed E-state index contributed by atoms with van der Waals surface area (Å²) in [6.07, 6.45) is 4.30. The molecule has 3 aliphatic rings. The molecule has 1 aliphatic carbocycles. The fraction of sp³-hybridized carbons (Fsp3) is 1.00.